The molecule has 2 aromatic rings. The van der Waals surface area contributed by atoms with E-state index in [1.54, 1.807) is 0 Å². The van der Waals surface area contributed by atoms with Crippen molar-refractivity contribution in [1.29, 1.82) is 0 Å². The molecule has 0 saturated heterocycles. The number of carbonyl (C=O) groups is 2. The van der Waals surface area contributed by atoms with Gasteiger partial charge in [0.15, 0.2) is 0 Å². The van der Waals surface area contributed by atoms with Crippen molar-refractivity contribution in [2.45, 2.75) is 44.7 Å². The molecule has 0 atom stereocenters. The number of hydrogen-bond donors (Lipinski definition) is 2. The number of urea groups is 1. The van der Waals surface area contributed by atoms with Crippen LogP contribution >= 0.6 is 11.3 Å². The first-order valence-electron chi connectivity index (χ1n) is 7.61. The second-order valence-corrected chi connectivity index (χ2v) is 6.29. The van der Waals surface area contributed by atoms with Gasteiger partial charge in [0.25, 0.3) is 5.91 Å². The minimum Gasteiger partial charge on any atom is -0.335 e. The van der Waals surface area contributed by atoms with Crippen LogP contribution < -0.4 is 10.6 Å². The molecule has 1 saturated carbocycles. The highest BCUT2D eigenvalue weighted by Crippen LogP contribution is 2.17. The molecule has 2 aromatic heterocycles. The Labute approximate surface area is 137 Å². The fourth-order valence-electron chi connectivity index (χ4n) is 2.58. The summed E-state index contributed by atoms with van der Waals surface area (Å²) >= 11 is 1.53. The molecule has 3 amide bonds. The fraction of sp³-hybridized carbons (Fsp3) is 0.500. The third kappa shape index (κ3) is 4.35. The van der Waals surface area contributed by atoms with Crippen LogP contribution in [0.2, 0.25) is 0 Å². The smallest absolute Gasteiger partial charge is 0.321 e. The average Bonchev–Trinajstić information content (AvgIpc) is 3.18. The van der Waals surface area contributed by atoms with Gasteiger partial charge in [-0.05, 0) is 29.5 Å². The Morgan fingerprint density at radius 1 is 1.30 bits per heavy atom. The minimum absolute atomic E-state index is 0.144. The molecule has 122 valence electrons. The summed E-state index contributed by atoms with van der Waals surface area (Å²) in [6, 6.07) is 1.58. The van der Waals surface area contributed by atoms with Crippen LogP contribution in [0.1, 0.15) is 32.1 Å². The van der Waals surface area contributed by atoms with E-state index in [4.69, 9.17) is 0 Å². The number of aromatic nitrogens is 4. The summed E-state index contributed by atoms with van der Waals surface area (Å²) in [5.41, 5.74) is 0.858. The van der Waals surface area contributed by atoms with E-state index in [0.29, 0.717) is 5.82 Å². The Balaban J connectivity index is 1.48. The van der Waals surface area contributed by atoms with Gasteiger partial charge in [-0.25, -0.2) is 4.79 Å². The monoisotopic (exact) mass is 334 g/mol. The van der Waals surface area contributed by atoms with Gasteiger partial charge in [0.05, 0.1) is 0 Å². The summed E-state index contributed by atoms with van der Waals surface area (Å²) < 4.78 is 0. The lowest BCUT2D eigenvalue weighted by molar-refractivity contribution is -0.121. The van der Waals surface area contributed by atoms with E-state index in [2.05, 4.69) is 26.0 Å². The Hall–Kier alpha value is -2.29. The molecule has 0 radical (unpaired) electrons. The molecule has 23 heavy (non-hydrogen) atoms. The average molecular weight is 334 g/mol. The third-order valence-electron chi connectivity index (χ3n) is 3.71. The minimum atomic E-state index is -0.465. The molecule has 9 heteroatoms. The SMILES string of the molecule is O=C(Cn1nnc(-c2ccsc2)n1)NC(=O)NC1CCCCC1. The number of nitrogens with one attached hydrogen (secondary N) is 2. The number of rotatable bonds is 4. The van der Waals surface area contributed by atoms with Crippen LogP contribution in [-0.2, 0) is 11.3 Å². The van der Waals surface area contributed by atoms with Gasteiger partial charge in [-0.3, -0.25) is 10.1 Å². The first-order valence-corrected chi connectivity index (χ1v) is 8.56. The van der Waals surface area contributed by atoms with Crippen molar-refractivity contribution in [3.63, 3.8) is 0 Å². The molecule has 8 nitrogen and oxygen atoms in total. The van der Waals surface area contributed by atoms with Crippen molar-refractivity contribution in [2.24, 2.45) is 0 Å². The van der Waals surface area contributed by atoms with E-state index in [-0.39, 0.29) is 12.6 Å². The Morgan fingerprint density at radius 2 is 2.13 bits per heavy atom. The highest BCUT2D eigenvalue weighted by Gasteiger charge is 2.17. The maximum absolute atomic E-state index is 11.9. The predicted molar refractivity (Wildman–Crippen MR) is 84.7 cm³/mol. The number of nitrogens with zero attached hydrogens (tertiary/aromatic N) is 4. The van der Waals surface area contributed by atoms with Gasteiger partial charge >= 0.3 is 6.03 Å². The van der Waals surface area contributed by atoms with Gasteiger partial charge < -0.3 is 5.32 Å². The molecule has 0 bridgehead atoms. The van der Waals surface area contributed by atoms with Gasteiger partial charge in [0.2, 0.25) is 5.82 Å². The topological polar surface area (TPSA) is 102 Å². The Bertz CT molecular complexity index is 663. The second-order valence-electron chi connectivity index (χ2n) is 5.51. The number of thiophene rings is 1. The van der Waals surface area contributed by atoms with Crippen molar-refractivity contribution in [3.05, 3.63) is 16.8 Å². The van der Waals surface area contributed by atoms with E-state index >= 15 is 0 Å². The molecule has 0 aromatic carbocycles. The summed E-state index contributed by atoms with van der Waals surface area (Å²) in [7, 11) is 0. The summed E-state index contributed by atoms with van der Waals surface area (Å²) in [4.78, 5) is 24.8. The molecule has 1 aliphatic rings. The van der Waals surface area contributed by atoms with Gasteiger partial charge in [-0.2, -0.15) is 16.1 Å². The molecule has 0 aliphatic heterocycles. The van der Waals surface area contributed by atoms with Crippen molar-refractivity contribution >= 4 is 23.3 Å². The van der Waals surface area contributed by atoms with Crippen LogP contribution in [0.25, 0.3) is 11.4 Å². The standard InChI is InChI=1S/C14H18N6O2S/c21-12(16-14(22)15-11-4-2-1-3-5-11)8-20-18-13(17-19-20)10-6-7-23-9-10/h6-7,9,11H,1-5,8H2,(H2,15,16,21,22). The zero-order valence-electron chi connectivity index (χ0n) is 12.6. The quantitative estimate of drug-likeness (QED) is 0.883. The van der Waals surface area contributed by atoms with Crippen LogP contribution in [-0.4, -0.2) is 38.2 Å². The summed E-state index contributed by atoms with van der Waals surface area (Å²) in [6.45, 7) is -0.144. The first-order chi connectivity index (χ1) is 11.2. The summed E-state index contributed by atoms with van der Waals surface area (Å²) in [6.07, 6.45) is 5.38. The van der Waals surface area contributed by atoms with Crippen LogP contribution in [0, 0.1) is 0 Å². The molecule has 1 aliphatic carbocycles. The normalized spacial score (nSPS) is 15.3. The lowest BCUT2D eigenvalue weighted by Gasteiger charge is -2.22. The van der Waals surface area contributed by atoms with Crippen molar-refractivity contribution in [3.8, 4) is 11.4 Å². The third-order valence-corrected chi connectivity index (χ3v) is 4.39. The maximum Gasteiger partial charge on any atom is 0.321 e. The summed E-state index contributed by atoms with van der Waals surface area (Å²) in [5, 5.41) is 20.8. The van der Waals surface area contributed by atoms with Gasteiger partial charge in [0.1, 0.15) is 6.54 Å². The number of hydrogen-bond acceptors (Lipinski definition) is 6. The number of tetrazole rings is 1. The molecule has 1 fully saturated rings. The van der Waals surface area contributed by atoms with Gasteiger partial charge in [-0.15, -0.1) is 10.2 Å². The number of amides is 3. The zero-order valence-corrected chi connectivity index (χ0v) is 13.4. The molecular formula is C14H18N6O2S. The van der Waals surface area contributed by atoms with Crippen molar-refractivity contribution in [2.75, 3.05) is 0 Å². The van der Waals surface area contributed by atoms with Gasteiger partial charge in [0, 0.05) is 17.0 Å². The second kappa shape index (κ2) is 7.32. The first kappa shape index (κ1) is 15.6. The van der Waals surface area contributed by atoms with E-state index in [0.717, 1.165) is 31.2 Å². The van der Waals surface area contributed by atoms with Crippen LogP contribution in [0.3, 0.4) is 0 Å². The maximum atomic E-state index is 11.9. The van der Waals surface area contributed by atoms with E-state index in [1.165, 1.54) is 22.6 Å². The van der Waals surface area contributed by atoms with E-state index in [1.807, 2.05) is 16.8 Å². The molecule has 0 unspecified atom stereocenters. The number of carbonyl (C=O) groups excluding carboxylic acids is 2. The van der Waals surface area contributed by atoms with Crippen molar-refractivity contribution < 1.29 is 9.59 Å². The molecular weight excluding hydrogens is 316 g/mol. The van der Waals surface area contributed by atoms with E-state index in [9.17, 15) is 9.59 Å². The molecule has 3 rings (SSSR count). The van der Waals surface area contributed by atoms with Crippen LogP contribution in [0.4, 0.5) is 4.79 Å². The van der Waals surface area contributed by atoms with E-state index < -0.39 is 11.9 Å². The van der Waals surface area contributed by atoms with Gasteiger partial charge in [-0.1, -0.05) is 19.3 Å². The lowest BCUT2D eigenvalue weighted by Crippen LogP contribution is -2.46. The molecule has 2 N–H and O–H groups in total. The number of imide groups is 1. The lowest BCUT2D eigenvalue weighted by atomic mass is 9.96. The van der Waals surface area contributed by atoms with Crippen LogP contribution in [0.15, 0.2) is 16.8 Å². The highest BCUT2D eigenvalue weighted by atomic mass is 32.1. The summed E-state index contributed by atoms with van der Waals surface area (Å²) in [5.74, 6) is -0.00159. The highest BCUT2D eigenvalue weighted by molar-refractivity contribution is 7.08. The van der Waals surface area contributed by atoms with Crippen molar-refractivity contribution in [1.82, 2.24) is 30.8 Å². The van der Waals surface area contributed by atoms with Crippen LogP contribution in [0.5, 0.6) is 0 Å². The Kier molecular flexibility index (Phi) is 4.96. The fourth-order valence-corrected chi connectivity index (χ4v) is 3.21. The largest absolute Gasteiger partial charge is 0.335 e. The Morgan fingerprint density at radius 3 is 2.87 bits per heavy atom. The molecule has 0 spiro atoms. The predicted octanol–water partition coefficient (Wildman–Crippen LogP) is 1.56. The molecule has 2 heterocycles. The zero-order chi connectivity index (χ0) is 16.1.